The van der Waals surface area contributed by atoms with Gasteiger partial charge in [0.15, 0.2) is 0 Å². The lowest BCUT2D eigenvalue weighted by Crippen LogP contribution is -2.18. The van der Waals surface area contributed by atoms with Crippen LogP contribution >= 0.6 is 0 Å². The molecule has 2 saturated carbocycles. The molecule has 0 atom stereocenters. The van der Waals surface area contributed by atoms with Crippen LogP contribution in [0.1, 0.15) is 115 Å². The minimum atomic E-state index is -0.0429. The number of aromatic nitrogens is 2. The fraction of sp³-hybridized carbons (Fsp3) is 0.474. The lowest BCUT2D eigenvalue weighted by atomic mass is 9.81. The van der Waals surface area contributed by atoms with Gasteiger partial charge < -0.3 is 10.6 Å². The second-order valence-electron chi connectivity index (χ2n) is 14.4. The van der Waals surface area contributed by atoms with Crippen molar-refractivity contribution >= 4 is 24.0 Å². The summed E-state index contributed by atoms with van der Waals surface area (Å²) in [5.74, 6) is -0.0858. The van der Waals surface area contributed by atoms with E-state index in [1.165, 1.54) is 62.5 Å². The average molecular weight is 591 g/mol. The maximum Gasteiger partial charge on any atom is 0.251 e. The Hall–Kier alpha value is -3.80. The summed E-state index contributed by atoms with van der Waals surface area (Å²) < 4.78 is 0. The molecule has 0 spiro atoms. The summed E-state index contributed by atoms with van der Waals surface area (Å²) in [6, 6.07) is 8.62. The first-order valence-electron chi connectivity index (χ1n) is 16.4. The zero-order chi connectivity index (χ0) is 31.2. The van der Waals surface area contributed by atoms with Gasteiger partial charge in [-0.2, -0.15) is 0 Å². The van der Waals surface area contributed by atoms with Crippen LogP contribution in [0.5, 0.6) is 0 Å². The Labute approximate surface area is 262 Å². The van der Waals surface area contributed by atoms with Crippen LogP contribution in [0.15, 0.2) is 58.0 Å². The van der Waals surface area contributed by atoms with Crippen molar-refractivity contribution in [2.45, 2.75) is 106 Å². The van der Waals surface area contributed by atoms with E-state index in [2.05, 4.69) is 48.7 Å². The summed E-state index contributed by atoms with van der Waals surface area (Å²) in [6.07, 6.45) is 16.0. The fourth-order valence-electron chi connectivity index (χ4n) is 7.50. The van der Waals surface area contributed by atoms with E-state index in [1.54, 1.807) is 0 Å². The molecular formula is C38H46N4O2. The van der Waals surface area contributed by atoms with Gasteiger partial charge in [0.25, 0.3) is 11.8 Å². The second-order valence-corrected chi connectivity index (χ2v) is 14.4. The quantitative estimate of drug-likeness (QED) is 0.342. The van der Waals surface area contributed by atoms with Crippen molar-refractivity contribution in [3.63, 3.8) is 0 Å². The van der Waals surface area contributed by atoms with E-state index in [9.17, 15) is 9.59 Å². The summed E-state index contributed by atoms with van der Waals surface area (Å²) in [5, 5.41) is 6.09. The third kappa shape index (κ3) is 5.96. The van der Waals surface area contributed by atoms with E-state index in [0.717, 1.165) is 69.3 Å². The zero-order valence-corrected chi connectivity index (χ0v) is 27.2. The van der Waals surface area contributed by atoms with Gasteiger partial charge in [-0.1, -0.05) is 51.7 Å². The number of allylic oxidation sites excluding steroid dienone is 2. The van der Waals surface area contributed by atoms with E-state index in [1.807, 2.05) is 39.8 Å². The van der Waals surface area contributed by atoms with E-state index in [0.29, 0.717) is 0 Å². The molecule has 0 aromatic carbocycles. The Balaban J connectivity index is 1.43. The normalized spacial score (nSPS) is 23.0. The van der Waals surface area contributed by atoms with Crippen LogP contribution in [-0.4, -0.2) is 21.8 Å². The summed E-state index contributed by atoms with van der Waals surface area (Å²) >= 11 is 0. The number of carbonyl (C=O) groups excluding carboxylic acids is 2. The van der Waals surface area contributed by atoms with Crippen LogP contribution in [-0.2, 0) is 22.4 Å². The predicted octanol–water partition coefficient (Wildman–Crippen LogP) is 8.00. The number of nitrogens with one attached hydrogen (secondary N) is 2. The summed E-state index contributed by atoms with van der Waals surface area (Å²) in [4.78, 5) is 35.3. The Kier molecular flexibility index (Phi) is 7.98. The maximum atomic E-state index is 12.4. The Bertz CT molecular complexity index is 1540. The van der Waals surface area contributed by atoms with Crippen LogP contribution in [0, 0.1) is 10.8 Å². The largest absolute Gasteiger partial charge is 0.322 e. The van der Waals surface area contributed by atoms with E-state index < -0.39 is 0 Å². The van der Waals surface area contributed by atoms with Crippen molar-refractivity contribution in [3.05, 3.63) is 80.5 Å². The molecule has 0 saturated heterocycles. The first-order valence-corrected chi connectivity index (χ1v) is 16.4. The number of hydrogen-bond donors (Lipinski definition) is 2. The number of amides is 2. The van der Waals surface area contributed by atoms with E-state index in [4.69, 9.17) is 9.97 Å². The smallest absolute Gasteiger partial charge is 0.251 e. The number of rotatable bonds is 7. The van der Waals surface area contributed by atoms with Gasteiger partial charge in [-0.25, -0.2) is 9.97 Å². The van der Waals surface area contributed by atoms with Crippen LogP contribution in [0.3, 0.4) is 0 Å². The number of nitrogens with zero attached hydrogens (tertiary/aromatic N) is 2. The number of carbonyl (C=O) groups is 2. The summed E-state index contributed by atoms with van der Waals surface area (Å²) in [6.45, 7) is 12.5. The molecule has 4 heterocycles. The van der Waals surface area contributed by atoms with E-state index >= 15 is 0 Å². The lowest BCUT2D eigenvalue weighted by molar-refractivity contribution is -0.117. The first-order chi connectivity index (χ1) is 20.9. The minimum Gasteiger partial charge on any atom is -0.322 e. The highest BCUT2D eigenvalue weighted by Gasteiger charge is 2.32. The summed E-state index contributed by atoms with van der Waals surface area (Å²) in [7, 11) is 0. The third-order valence-corrected chi connectivity index (χ3v) is 10.8. The van der Waals surface area contributed by atoms with E-state index in [-0.39, 0.29) is 22.6 Å². The van der Waals surface area contributed by atoms with Crippen LogP contribution < -0.4 is 10.6 Å². The van der Waals surface area contributed by atoms with Crippen molar-refractivity contribution in [2.24, 2.45) is 10.8 Å². The minimum absolute atomic E-state index is 0.0429. The number of pyridine rings is 2. The SMILES string of the molecule is CC1=C(C)/C(=C/c2nc(-c3ccc(CC4(C)CCCC4)c(/C=C4\NC(=O)C(C)=C4C)n3)ccc2CC2(C)CCCC2)NC1=O. The monoisotopic (exact) mass is 590 g/mol. The Morgan fingerprint density at radius 1 is 0.614 bits per heavy atom. The molecule has 0 bridgehead atoms. The van der Waals surface area contributed by atoms with Gasteiger partial charge in [0.1, 0.15) is 0 Å². The van der Waals surface area contributed by atoms with Gasteiger partial charge in [-0.05, 0) is 124 Å². The van der Waals surface area contributed by atoms with Gasteiger partial charge >= 0.3 is 0 Å². The highest BCUT2D eigenvalue weighted by molar-refractivity contribution is 6.01. The van der Waals surface area contributed by atoms with Gasteiger partial charge in [0.05, 0.1) is 22.8 Å². The average Bonchev–Trinajstić information content (AvgIpc) is 3.74. The Morgan fingerprint density at radius 2 is 0.977 bits per heavy atom. The van der Waals surface area contributed by atoms with Crippen molar-refractivity contribution < 1.29 is 9.59 Å². The zero-order valence-electron chi connectivity index (χ0n) is 27.2. The standard InChI is InChI=1S/C38H46N4O2/c1-23-25(3)35(43)41-31(23)19-33-27(21-37(5)15-7-8-16-37)11-13-29(39-33)30-14-12-28(22-38(6)17-9-10-18-38)34(40-30)20-32-24(2)26(4)36(44)42-32/h11-14,19-20H,7-10,15-18,21-22H2,1-6H3,(H,41,43)(H,42,44)/b31-19-,32-20-. The molecule has 2 aliphatic heterocycles. The van der Waals surface area contributed by atoms with Crippen LogP contribution in [0.4, 0.5) is 0 Å². The van der Waals surface area contributed by atoms with Gasteiger partial charge in [-0.3, -0.25) is 9.59 Å². The highest BCUT2D eigenvalue weighted by Crippen LogP contribution is 2.43. The first kappa shape index (κ1) is 30.2. The molecule has 230 valence electrons. The molecule has 0 radical (unpaired) electrons. The predicted molar refractivity (Wildman–Crippen MR) is 177 cm³/mol. The second kappa shape index (κ2) is 11.6. The fourth-order valence-corrected chi connectivity index (χ4v) is 7.50. The topological polar surface area (TPSA) is 84.0 Å². The molecule has 0 unspecified atom stereocenters. The van der Waals surface area contributed by atoms with Gasteiger partial charge in [0, 0.05) is 22.5 Å². The molecule has 6 nitrogen and oxygen atoms in total. The molecule has 2 aromatic heterocycles. The molecule has 6 heteroatoms. The molecule has 2 fully saturated rings. The molecule has 4 aliphatic rings. The van der Waals surface area contributed by atoms with Crippen molar-refractivity contribution in [2.75, 3.05) is 0 Å². The summed E-state index contributed by atoms with van der Waals surface area (Å²) in [5.41, 5.74) is 11.4. The molecule has 2 aliphatic carbocycles. The highest BCUT2D eigenvalue weighted by atomic mass is 16.2. The molecule has 2 N–H and O–H groups in total. The molecule has 44 heavy (non-hydrogen) atoms. The lowest BCUT2D eigenvalue weighted by Gasteiger charge is -2.25. The molecule has 2 amide bonds. The molecule has 2 aromatic rings. The van der Waals surface area contributed by atoms with Gasteiger partial charge in [0.2, 0.25) is 0 Å². The number of hydrogen-bond acceptors (Lipinski definition) is 4. The van der Waals surface area contributed by atoms with Gasteiger partial charge in [-0.15, -0.1) is 0 Å². The Morgan fingerprint density at radius 3 is 1.30 bits per heavy atom. The maximum absolute atomic E-state index is 12.4. The van der Waals surface area contributed by atoms with Crippen molar-refractivity contribution in [1.82, 2.24) is 20.6 Å². The molecule has 6 rings (SSSR count). The van der Waals surface area contributed by atoms with Crippen LogP contribution in [0.2, 0.25) is 0 Å². The van der Waals surface area contributed by atoms with Crippen molar-refractivity contribution in [3.8, 4) is 11.4 Å². The third-order valence-electron chi connectivity index (χ3n) is 10.8. The van der Waals surface area contributed by atoms with Crippen molar-refractivity contribution in [1.29, 1.82) is 0 Å². The molecular weight excluding hydrogens is 544 g/mol. The van der Waals surface area contributed by atoms with Crippen LogP contribution in [0.25, 0.3) is 23.5 Å².